The Morgan fingerprint density at radius 3 is 3.08 bits per heavy atom. The Morgan fingerprint density at radius 1 is 1.17 bits per heavy atom. The normalized spacial score (nSPS) is 19.7. The van der Waals surface area contributed by atoms with Crippen LogP contribution in [0.4, 0.5) is 0 Å². The first-order valence-corrected chi connectivity index (χ1v) is 5.38. The molecule has 0 radical (unpaired) electrons. The Hall–Kier alpha value is -0.870. The van der Waals surface area contributed by atoms with Crippen LogP contribution in [0.15, 0.2) is 24.3 Å². The highest BCUT2D eigenvalue weighted by atomic mass is 31.1. The van der Waals surface area contributed by atoms with Crippen molar-refractivity contribution in [2.24, 2.45) is 0 Å². The van der Waals surface area contributed by atoms with Gasteiger partial charge >= 0.3 is 0 Å². The largest absolute Gasteiger partial charge is 0.0959 e. The molecule has 0 nitrogen and oxygen atoms in total. The molecule has 1 aromatic rings. The zero-order chi connectivity index (χ0) is 7.97. The number of rotatable bonds is 0. The van der Waals surface area contributed by atoms with E-state index in [1.807, 2.05) is 0 Å². The van der Waals surface area contributed by atoms with Crippen LogP contribution in [0.25, 0.3) is 11.6 Å². The Morgan fingerprint density at radius 2 is 2.08 bits per heavy atom. The summed E-state index contributed by atoms with van der Waals surface area (Å²) < 4.78 is 0. The van der Waals surface area contributed by atoms with Crippen LogP contribution in [0.2, 0.25) is 0 Å². The van der Waals surface area contributed by atoms with Crippen molar-refractivity contribution in [3.05, 3.63) is 34.7 Å². The van der Waals surface area contributed by atoms with E-state index < -0.39 is 0 Å². The van der Waals surface area contributed by atoms with Gasteiger partial charge in [-0.2, -0.15) is 0 Å². The lowest BCUT2D eigenvalue weighted by Gasteiger charge is -1.91. The molecule has 0 saturated heterocycles. The van der Waals surface area contributed by atoms with Gasteiger partial charge in [-0.05, 0) is 34.7 Å². The Bertz CT molecular complexity index is 480. The second kappa shape index (κ2) is 2.31. The monoisotopic (exact) mass is 172 g/mol. The molecule has 0 saturated carbocycles. The van der Waals surface area contributed by atoms with Gasteiger partial charge < -0.3 is 0 Å². The molecule has 58 valence electrons. The standard InChI is InChI=1S/C11H9P/c1-2-4-9-8(3-1)7-11-10(9)5-6-12-11/h1-4,7H,5-6H2. The first-order chi connectivity index (χ1) is 5.95. The summed E-state index contributed by atoms with van der Waals surface area (Å²) in [4.78, 5) is 0. The third-order valence-corrected chi connectivity index (χ3v) is 3.72. The molecule has 0 unspecified atom stereocenters. The highest BCUT2D eigenvalue weighted by molar-refractivity contribution is 7.45. The van der Waals surface area contributed by atoms with Gasteiger partial charge in [0.05, 0.1) is 0 Å². The SMILES string of the molecule is C1=c2ccccc2=C2CCP=C12. The van der Waals surface area contributed by atoms with Gasteiger partial charge in [-0.3, -0.25) is 0 Å². The van der Waals surface area contributed by atoms with Crippen molar-refractivity contribution in [2.75, 3.05) is 6.16 Å². The van der Waals surface area contributed by atoms with Crippen LogP contribution in [0.1, 0.15) is 6.42 Å². The van der Waals surface area contributed by atoms with Crippen LogP contribution in [0, 0.1) is 0 Å². The lowest BCUT2D eigenvalue weighted by molar-refractivity contribution is 1.29. The zero-order valence-electron chi connectivity index (χ0n) is 6.75. The highest BCUT2D eigenvalue weighted by Crippen LogP contribution is 2.25. The van der Waals surface area contributed by atoms with E-state index in [2.05, 4.69) is 30.3 Å². The van der Waals surface area contributed by atoms with Crippen LogP contribution < -0.4 is 10.4 Å². The second-order valence-corrected chi connectivity index (χ2v) is 4.47. The van der Waals surface area contributed by atoms with Gasteiger partial charge in [0.1, 0.15) is 0 Å². The van der Waals surface area contributed by atoms with Crippen molar-refractivity contribution in [3.63, 3.8) is 0 Å². The summed E-state index contributed by atoms with van der Waals surface area (Å²) >= 11 is 0. The maximum absolute atomic E-state index is 2.35. The molecule has 0 atom stereocenters. The summed E-state index contributed by atoms with van der Waals surface area (Å²) in [5, 5.41) is 4.48. The molecule has 0 fully saturated rings. The fourth-order valence-corrected chi connectivity index (χ4v) is 3.19. The van der Waals surface area contributed by atoms with Crippen LogP contribution in [-0.2, 0) is 0 Å². The molecule has 0 aromatic heterocycles. The molecule has 12 heavy (non-hydrogen) atoms. The molecule has 0 N–H and O–H groups in total. The van der Waals surface area contributed by atoms with Gasteiger partial charge in [0.2, 0.25) is 0 Å². The summed E-state index contributed by atoms with van der Waals surface area (Å²) in [7, 11) is 1.53. The molecule has 0 amide bonds. The van der Waals surface area contributed by atoms with Crippen molar-refractivity contribution < 1.29 is 0 Å². The number of hydrogen-bond donors (Lipinski definition) is 0. The average molecular weight is 172 g/mol. The van der Waals surface area contributed by atoms with E-state index in [1.165, 1.54) is 31.2 Å². The van der Waals surface area contributed by atoms with E-state index in [4.69, 9.17) is 0 Å². The molecule has 0 spiro atoms. The Labute approximate surface area is 73.0 Å². The summed E-state index contributed by atoms with van der Waals surface area (Å²) in [6.45, 7) is 0. The third-order valence-electron chi connectivity index (χ3n) is 2.53. The molecule has 1 aliphatic heterocycles. The van der Waals surface area contributed by atoms with Gasteiger partial charge in [0.15, 0.2) is 0 Å². The molecule has 1 aromatic carbocycles. The first-order valence-electron chi connectivity index (χ1n) is 4.30. The van der Waals surface area contributed by atoms with E-state index in [9.17, 15) is 0 Å². The molecule has 2 aliphatic rings. The van der Waals surface area contributed by atoms with Crippen LogP contribution in [0.3, 0.4) is 0 Å². The summed E-state index contributed by atoms with van der Waals surface area (Å²) in [6, 6.07) is 8.71. The molecule has 3 rings (SSSR count). The van der Waals surface area contributed by atoms with Gasteiger partial charge in [-0.15, -0.1) is 0 Å². The summed E-state index contributed by atoms with van der Waals surface area (Å²) in [6.07, 6.45) is 4.96. The van der Waals surface area contributed by atoms with Crippen LogP contribution in [-0.4, -0.2) is 11.5 Å². The van der Waals surface area contributed by atoms with Crippen LogP contribution in [0.5, 0.6) is 0 Å². The van der Waals surface area contributed by atoms with E-state index in [-0.39, 0.29) is 0 Å². The second-order valence-electron chi connectivity index (χ2n) is 3.23. The fraction of sp³-hybridized carbons (Fsp3) is 0.182. The lowest BCUT2D eigenvalue weighted by atomic mass is 10.1. The van der Waals surface area contributed by atoms with Crippen LogP contribution >= 0.6 is 8.20 Å². The maximum atomic E-state index is 2.35. The first kappa shape index (κ1) is 6.62. The van der Waals surface area contributed by atoms with Crippen molar-refractivity contribution in [2.45, 2.75) is 6.42 Å². The van der Waals surface area contributed by atoms with E-state index >= 15 is 0 Å². The lowest BCUT2D eigenvalue weighted by Crippen LogP contribution is -2.21. The summed E-state index contributed by atoms with van der Waals surface area (Å²) in [5.41, 5.74) is 1.60. The maximum Gasteiger partial charge on any atom is 0.00210 e. The van der Waals surface area contributed by atoms with E-state index in [0.29, 0.717) is 0 Å². The Kier molecular flexibility index (Phi) is 1.27. The van der Waals surface area contributed by atoms with Crippen molar-refractivity contribution in [1.29, 1.82) is 0 Å². The van der Waals surface area contributed by atoms with Crippen molar-refractivity contribution in [1.82, 2.24) is 0 Å². The topological polar surface area (TPSA) is 0 Å². The minimum atomic E-state index is 1.28. The molecule has 1 heterocycles. The average Bonchev–Trinajstić information content (AvgIpc) is 2.62. The highest BCUT2D eigenvalue weighted by Gasteiger charge is 2.14. The van der Waals surface area contributed by atoms with E-state index in [1.54, 1.807) is 10.9 Å². The molecule has 1 heteroatoms. The van der Waals surface area contributed by atoms with Crippen molar-refractivity contribution >= 4 is 25.1 Å². The van der Waals surface area contributed by atoms with Gasteiger partial charge in [-0.1, -0.05) is 32.5 Å². The molecular weight excluding hydrogens is 163 g/mol. The Balaban J connectivity index is 2.52. The predicted molar refractivity (Wildman–Crippen MR) is 55.0 cm³/mol. The zero-order valence-corrected chi connectivity index (χ0v) is 7.64. The minimum Gasteiger partial charge on any atom is -0.0959 e. The molecular formula is C11H9P. The van der Waals surface area contributed by atoms with Gasteiger partial charge in [0.25, 0.3) is 0 Å². The number of hydrogen-bond acceptors (Lipinski definition) is 0. The van der Waals surface area contributed by atoms with Crippen molar-refractivity contribution in [3.8, 4) is 0 Å². The van der Waals surface area contributed by atoms with Gasteiger partial charge in [-0.25, -0.2) is 0 Å². The third kappa shape index (κ3) is 0.763. The minimum absolute atomic E-state index is 1.28. The number of fused-ring (bicyclic) bond motifs is 2. The number of benzene rings is 1. The molecule has 0 bridgehead atoms. The quantitative estimate of drug-likeness (QED) is 0.515. The smallest absolute Gasteiger partial charge is 0.00210 e. The van der Waals surface area contributed by atoms with Gasteiger partial charge in [0, 0.05) is 5.29 Å². The summed E-state index contributed by atoms with van der Waals surface area (Å²) in [5.74, 6) is 0. The fourth-order valence-electron chi connectivity index (χ4n) is 1.96. The van der Waals surface area contributed by atoms with E-state index in [0.717, 1.165) is 0 Å². The predicted octanol–water partition coefficient (Wildman–Crippen LogP) is 1.15. The molecule has 1 aliphatic carbocycles.